The summed E-state index contributed by atoms with van der Waals surface area (Å²) in [5.41, 5.74) is 0.898. The highest BCUT2D eigenvalue weighted by Crippen LogP contribution is 2.78. The number of allylic oxidation sites excluding steroid dienone is 1. The van der Waals surface area contributed by atoms with E-state index in [1.165, 1.54) is 24.8 Å². The molecule has 6 rings (SSSR count). The number of nitrogens with zero attached hydrogens (tertiary/aromatic N) is 1. The molecule has 8 nitrogen and oxygen atoms in total. The number of ether oxygens (including phenoxy) is 1. The van der Waals surface area contributed by atoms with E-state index in [0.29, 0.717) is 49.1 Å². The Hall–Kier alpha value is -2.38. The van der Waals surface area contributed by atoms with Gasteiger partial charge in [-0.25, -0.2) is 0 Å². The van der Waals surface area contributed by atoms with Crippen LogP contribution in [0.15, 0.2) is 12.2 Å². The Labute approximate surface area is 301 Å². The van der Waals surface area contributed by atoms with E-state index >= 15 is 0 Å². The predicted molar refractivity (Wildman–Crippen MR) is 194 cm³/mol. The van der Waals surface area contributed by atoms with Gasteiger partial charge in [0.05, 0.1) is 19.4 Å². The largest absolute Gasteiger partial charge is 0.481 e. The summed E-state index contributed by atoms with van der Waals surface area (Å²) in [4.78, 5) is 52.5. The summed E-state index contributed by atoms with van der Waals surface area (Å²) >= 11 is 0. The second-order valence-electron chi connectivity index (χ2n) is 20.1. The van der Waals surface area contributed by atoms with E-state index < -0.39 is 11.4 Å². The first-order valence-corrected chi connectivity index (χ1v) is 19.8. The van der Waals surface area contributed by atoms with Crippen molar-refractivity contribution in [3.63, 3.8) is 0 Å². The minimum atomic E-state index is -0.890. The number of carboxylic acids is 1. The predicted octanol–water partition coefficient (Wildman–Crippen LogP) is 7.80. The van der Waals surface area contributed by atoms with Gasteiger partial charge in [-0.05, 0) is 128 Å². The second-order valence-corrected chi connectivity index (χ2v) is 20.1. The summed E-state index contributed by atoms with van der Waals surface area (Å²) in [6.07, 6.45) is 11.4. The van der Waals surface area contributed by atoms with E-state index in [1.54, 1.807) is 4.90 Å². The van der Waals surface area contributed by atoms with Crippen LogP contribution in [0.5, 0.6) is 0 Å². The monoisotopic (exact) mass is 694 g/mol. The summed E-state index contributed by atoms with van der Waals surface area (Å²) in [7, 11) is 0. The first-order chi connectivity index (χ1) is 23.2. The number of nitrogens with one attached hydrogen (secondary N) is 1. The molecule has 10 atom stereocenters. The lowest BCUT2D eigenvalue weighted by molar-refractivity contribution is -0.250. The molecule has 6 aliphatic rings. The summed E-state index contributed by atoms with van der Waals surface area (Å²) < 4.78 is 6.27. The van der Waals surface area contributed by atoms with E-state index in [1.807, 2.05) is 13.8 Å². The Morgan fingerprint density at radius 3 is 2.30 bits per heavy atom. The van der Waals surface area contributed by atoms with Crippen molar-refractivity contribution in [3.8, 4) is 0 Å². The average molecular weight is 695 g/mol. The standard InChI is InChI=1S/C42H66N2O6/c1-26(2)27-12-17-42(22-33(46)44-21-20-43-32(45)25-44)19-18-40(8)28(36(27)42)10-11-30-39(7)15-14-31(38(5,6)29(39)13-16-41(30,40)9)50-35(49)24-37(3,4)23-34(47)48/h27-31,36H,1,10-25H2,2-9H3,(H,43,45)(H,47,48)/t27?,28-,29+,30-,31+,36-,39+,40-,41-,42-/m1/s1. The Balaban J connectivity index is 1.23. The van der Waals surface area contributed by atoms with Crippen LogP contribution < -0.4 is 5.32 Å². The molecule has 2 amide bonds. The number of hydrogen-bond donors (Lipinski definition) is 2. The first-order valence-electron chi connectivity index (χ1n) is 19.8. The summed E-state index contributed by atoms with van der Waals surface area (Å²) in [5.74, 6) is 1.38. The van der Waals surface area contributed by atoms with Crippen LogP contribution in [0.1, 0.15) is 139 Å². The maximum atomic E-state index is 13.9. The second kappa shape index (κ2) is 12.6. The molecule has 1 saturated heterocycles. The zero-order valence-electron chi connectivity index (χ0n) is 32.4. The lowest BCUT2D eigenvalue weighted by atomic mass is 9.32. The Kier molecular flexibility index (Phi) is 9.45. The Morgan fingerprint density at radius 2 is 1.64 bits per heavy atom. The quantitative estimate of drug-likeness (QED) is 0.198. The normalized spacial score (nSPS) is 42.2. The van der Waals surface area contributed by atoms with Crippen molar-refractivity contribution < 1.29 is 29.0 Å². The molecule has 0 aromatic rings. The van der Waals surface area contributed by atoms with E-state index in [0.717, 1.165) is 44.9 Å². The van der Waals surface area contributed by atoms with Gasteiger partial charge in [-0.2, -0.15) is 0 Å². The molecule has 0 bridgehead atoms. The third kappa shape index (κ3) is 5.94. The topological polar surface area (TPSA) is 113 Å². The molecule has 1 aliphatic heterocycles. The fraction of sp³-hybridized carbons (Fsp3) is 0.857. The molecule has 5 saturated carbocycles. The van der Waals surface area contributed by atoms with E-state index in [2.05, 4.69) is 53.4 Å². The molecule has 1 unspecified atom stereocenters. The minimum absolute atomic E-state index is 0.0218. The molecule has 8 heteroatoms. The van der Waals surface area contributed by atoms with E-state index in [-0.39, 0.29) is 70.3 Å². The summed E-state index contributed by atoms with van der Waals surface area (Å²) in [6.45, 7) is 24.2. The van der Waals surface area contributed by atoms with Gasteiger partial charge in [-0.3, -0.25) is 19.2 Å². The lowest BCUT2D eigenvalue weighted by Gasteiger charge is -2.73. The van der Waals surface area contributed by atoms with Crippen LogP contribution in [0.2, 0.25) is 0 Å². The number of carbonyl (C=O) groups is 4. The number of esters is 1. The number of rotatable bonds is 8. The molecular formula is C42H66N2O6. The molecule has 50 heavy (non-hydrogen) atoms. The fourth-order valence-corrected chi connectivity index (χ4v) is 14.1. The van der Waals surface area contributed by atoms with Gasteiger partial charge in [-0.1, -0.05) is 60.6 Å². The lowest BCUT2D eigenvalue weighted by Crippen LogP contribution is -2.67. The van der Waals surface area contributed by atoms with Crippen LogP contribution in [-0.4, -0.2) is 59.5 Å². The van der Waals surface area contributed by atoms with Crippen molar-refractivity contribution in [2.45, 2.75) is 145 Å². The third-order valence-electron chi connectivity index (χ3n) is 16.6. The van der Waals surface area contributed by atoms with Crippen LogP contribution in [0.25, 0.3) is 0 Å². The van der Waals surface area contributed by atoms with Crippen molar-refractivity contribution >= 4 is 23.8 Å². The van der Waals surface area contributed by atoms with E-state index in [4.69, 9.17) is 4.74 Å². The van der Waals surface area contributed by atoms with Gasteiger partial charge in [0, 0.05) is 24.9 Å². The number of fused-ring (bicyclic) bond motifs is 7. The molecule has 1 heterocycles. The molecule has 280 valence electrons. The van der Waals surface area contributed by atoms with Crippen LogP contribution in [0.4, 0.5) is 0 Å². The van der Waals surface area contributed by atoms with Gasteiger partial charge < -0.3 is 20.1 Å². The number of piperazine rings is 1. The molecular weight excluding hydrogens is 628 g/mol. The van der Waals surface area contributed by atoms with Crippen LogP contribution in [0.3, 0.4) is 0 Å². The molecule has 0 spiro atoms. The Morgan fingerprint density at radius 1 is 0.920 bits per heavy atom. The third-order valence-corrected chi connectivity index (χ3v) is 16.6. The highest BCUT2D eigenvalue weighted by atomic mass is 16.5. The van der Waals surface area contributed by atoms with Gasteiger partial charge in [0.2, 0.25) is 11.8 Å². The summed E-state index contributed by atoms with van der Waals surface area (Å²) in [6, 6.07) is 0. The zero-order chi connectivity index (χ0) is 36.7. The van der Waals surface area contributed by atoms with Gasteiger partial charge >= 0.3 is 11.9 Å². The number of hydrogen-bond acceptors (Lipinski definition) is 5. The van der Waals surface area contributed by atoms with Gasteiger partial charge in [0.1, 0.15) is 6.10 Å². The SMILES string of the molecule is C=C(C)C1CC[C@]2(CC(=O)N3CCNC(=O)C3)CC[C@]3(C)[C@H](CC[C@@H]4[C@@]5(C)CC[C@H](OC(=O)CC(C)(C)CC(=O)O)C(C)(C)[C@@H]5CC[C@]43C)[C@@H]12. The molecule has 5 aliphatic carbocycles. The molecule has 0 aromatic heterocycles. The average Bonchev–Trinajstić information content (AvgIpc) is 3.37. The van der Waals surface area contributed by atoms with E-state index in [9.17, 15) is 24.3 Å². The van der Waals surface area contributed by atoms with Crippen molar-refractivity contribution in [2.24, 2.45) is 62.1 Å². The number of carboxylic acid groups (broad SMARTS) is 1. The zero-order valence-corrected chi connectivity index (χ0v) is 32.4. The van der Waals surface area contributed by atoms with Crippen LogP contribution in [-0.2, 0) is 23.9 Å². The van der Waals surface area contributed by atoms with Crippen molar-refractivity contribution in [1.29, 1.82) is 0 Å². The highest BCUT2D eigenvalue weighted by molar-refractivity contribution is 5.86. The number of amides is 2. The molecule has 0 radical (unpaired) electrons. The molecule has 6 fully saturated rings. The maximum Gasteiger partial charge on any atom is 0.306 e. The van der Waals surface area contributed by atoms with Gasteiger partial charge in [0.15, 0.2) is 0 Å². The Bertz CT molecular complexity index is 1420. The van der Waals surface area contributed by atoms with Crippen molar-refractivity contribution in [2.75, 3.05) is 19.6 Å². The summed E-state index contributed by atoms with van der Waals surface area (Å²) in [5, 5.41) is 12.2. The van der Waals surface area contributed by atoms with Gasteiger partial charge in [-0.15, -0.1) is 0 Å². The molecule has 2 N–H and O–H groups in total. The number of carbonyl (C=O) groups excluding carboxylic acids is 3. The maximum absolute atomic E-state index is 13.9. The van der Waals surface area contributed by atoms with Crippen molar-refractivity contribution in [3.05, 3.63) is 12.2 Å². The molecule has 0 aromatic carbocycles. The van der Waals surface area contributed by atoms with Crippen molar-refractivity contribution in [1.82, 2.24) is 10.2 Å². The minimum Gasteiger partial charge on any atom is -0.481 e. The fourth-order valence-electron chi connectivity index (χ4n) is 14.1. The number of aliphatic carboxylic acids is 1. The van der Waals surface area contributed by atoms with Gasteiger partial charge in [0.25, 0.3) is 0 Å². The first kappa shape index (κ1) is 37.4. The van der Waals surface area contributed by atoms with Crippen LogP contribution in [0, 0.1) is 62.1 Å². The van der Waals surface area contributed by atoms with Crippen LogP contribution >= 0.6 is 0 Å². The smallest absolute Gasteiger partial charge is 0.306 e. The highest BCUT2D eigenvalue weighted by Gasteiger charge is 2.71.